The van der Waals surface area contributed by atoms with E-state index in [0.717, 1.165) is 17.6 Å². The zero-order valence-corrected chi connectivity index (χ0v) is 13.6. The molecule has 0 fully saturated rings. The van der Waals surface area contributed by atoms with Crippen LogP contribution >= 0.6 is 0 Å². The molecule has 132 valence electrons. The lowest BCUT2D eigenvalue weighted by molar-refractivity contribution is -0.137. The molecule has 0 unspecified atom stereocenters. The maximum atomic E-state index is 14.1. The molecule has 0 atom stereocenters. The Morgan fingerprint density at radius 1 is 1.08 bits per heavy atom. The van der Waals surface area contributed by atoms with Gasteiger partial charge in [0.05, 0.1) is 35.1 Å². The van der Waals surface area contributed by atoms with Gasteiger partial charge in [-0.05, 0) is 43.7 Å². The molecule has 0 aliphatic heterocycles. The standard InChI is InChI=1S/C18H16F4N2O/c1-17(2,25)9-24-10-23-15-7-11(3-6-16(15)24)13-5-4-12(8-14(13)19)18(20,21)22/h3-8,10,25H,9H2,1-2H3. The smallest absolute Gasteiger partial charge is 0.389 e. The van der Waals surface area contributed by atoms with Crippen LogP contribution in [0.25, 0.3) is 22.2 Å². The predicted octanol–water partition coefficient (Wildman–Crippen LogP) is 4.63. The SMILES string of the molecule is CC(C)(O)Cn1cnc2cc(-c3ccc(C(F)(F)F)cc3F)ccc21. The van der Waals surface area contributed by atoms with Crippen LogP contribution in [0.15, 0.2) is 42.7 Å². The number of fused-ring (bicyclic) bond motifs is 1. The number of nitrogens with zero attached hydrogens (tertiary/aromatic N) is 2. The third-order valence-corrected chi connectivity index (χ3v) is 3.79. The first-order valence-electron chi connectivity index (χ1n) is 7.59. The second-order valence-electron chi connectivity index (χ2n) is 6.58. The molecule has 0 saturated carbocycles. The zero-order valence-electron chi connectivity index (χ0n) is 13.6. The van der Waals surface area contributed by atoms with Gasteiger partial charge in [-0.3, -0.25) is 0 Å². The first kappa shape index (κ1) is 17.4. The van der Waals surface area contributed by atoms with Gasteiger partial charge < -0.3 is 9.67 Å². The molecule has 0 aliphatic carbocycles. The molecular formula is C18H16F4N2O. The van der Waals surface area contributed by atoms with Crippen molar-refractivity contribution in [2.75, 3.05) is 0 Å². The lowest BCUT2D eigenvalue weighted by Gasteiger charge is -2.18. The topological polar surface area (TPSA) is 38.0 Å². The van der Waals surface area contributed by atoms with Crippen LogP contribution in [0.5, 0.6) is 0 Å². The lowest BCUT2D eigenvalue weighted by Crippen LogP contribution is -2.25. The molecule has 3 rings (SSSR count). The van der Waals surface area contributed by atoms with E-state index in [1.165, 1.54) is 0 Å². The van der Waals surface area contributed by atoms with E-state index >= 15 is 0 Å². The minimum atomic E-state index is -4.58. The number of aliphatic hydroxyl groups is 1. The number of imidazole rings is 1. The molecule has 7 heteroatoms. The number of aromatic nitrogens is 2. The average Bonchev–Trinajstić information content (AvgIpc) is 2.86. The first-order valence-corrected chi connectivity index (χ1v) is 7.59. The van der Waals surface area contributed by atoms with E-state index in [9.17, 15) is 22.7 Å². The van der Waals surface area contributed by atoms with Crippen LogP contribution in [-0.4, -0.2) is 20.3 Å². The number of alkyl halides is 3. The van der Waals surface area contributed by atoms with Gasteiger partial charge in [0.25, 0.3) is 0 Å². The zero-order chi connectivity index (χ0) is 18.4. The van der Waals surface area contributed by atoms with Crippen LogP contribution in [0.4, 0.5) is 17.6 Å². The molecule has 0 amide bonds. The molecule has 3 aromatic rings. The van der Waals surface area contributed by atoms with Crippen molar-refractivity contribution in [1.82, 2.24) is 9.55 Å². The van der Waals surface area contributed by atoms with E-state index in [1.54, 1.807) is 42.9 Å². The van der Waals surface area contributed by atoms with E-state index in [0.29, 0.717) is 23.7 Å². The first-order chi connectivity index (χ1) is 11.5. The molecule has 1 N–H and O–H groups in total. The Labute approximate surface area is 141 Å². The summed E-state index contributed by atoms with van der Waals surface area (Å²) in [5, 5.41) is 9.92. The van der Waals surface area contributed by atoms with Crippen molar-refractivity contribution in [3.63, 3.8) is 0 Å². The molecule has 3 nitrogen and oxygen atoms in total. The van der Waals surface area contributed by atoms with Crippen LogP contribution in [-0.2, 0) is 12.7 Å². The normalized spacial score (nSPS) is 12.8. The van der Waals surface area contributed by atoms with Gasteiger partial charge >= 0.3 is 6.18 Å². The van der Waals surface area contributed by atoms with E-state index < -0.39 is 23.2 Å². The quantitative estimate of drug-likeness (QED) is 0.698. The summed E-state index contributed by atoms with van der Waals surface area (Å²) >= 11 is 0. The third-order valence-electron chi connectivity index (χ3n) is 3.79. The van der Waals surface area contributed by atoms with E-state index in [4.69, 9.17) is 0 Å². The van der Waals surface area contributed by atoms with E-state index in [2.05, 4.69) is 4.98 Å². The average molecular weight is 352 g/mol. The molecule has 0 bridgehead atoms. The largest absolute Gasteiger partial charge is 0.416 e. The molecule has 25 heavy (non-hydrogen) atoms. The minimum Gasteiger partial charge on any atom is -0.389 e. The highest BCUT2D eigenvalue weighted by molar-refractivity contribution is 5.82. The van der Waals surface area contributed by atoms with Crippen molar-refractivity contribution in [1.29, 1.82) is 0 Å². The Hall–Kier alpha value is -2.41. The Bertz CT molecular complexity index is 923. The van der Waals surface area contributed by atoms with Crippen molar-refractivity contribution in [2.45, 2.75) is 32.2 Å². The number of hydrogen-bond acceptors (Lipinski definition) is 2. The van der Waals surface area contributed by atoms with Gasteiger partial charge in [-0.15, -0.1) is 0 Å². The van der Waals surface area contributed by atoms with Crippen LogP contribution in [0.1, 0.15) is 19.4 Å². The van der Waals surface area contributed by atoms with Crippen LogP contribution in [0.3, 0.4) is 0 Å². The van der Waals surface area contributed by atoms with Gasteiger partial charge in [-0.1, -0.05) is 12.1 Å². The van der Waals surface area contributed by atoms with E-state index in [1.807, 2.05) is 0 Å². The highest BCUT2D eigenvalue weighted by Gasteiger charge is 2.31. The van der Waals surface area contributed by atoms with Crippen molar-refractivity contribution in [3.05, 3.63) is 54.1 Å². The number of hydrogen-bond donors (Lipinski definition) is 1. The molecule has 0 radical (unpaired) electrons. The van der Waals surface area contributed by atoms with Gasteiger partial charge in [0, 0.05) is 5.56 Å². The number of halogens is 4. The Balaban J connectivity index is 2.00. The molecule has 0 saturated heterocycles. The second-order valence-corrected chi connectivity index (χ2v) is 6.58. The molecule has 0 aliphatic rings. The fourth-order valence-electron chi connectivity index (χ4n) is 2.70. The minimum absolute atomic E-state index is 0.0759. The highest BCUT2D eigenvalue weighted by Crippen LogP contribution is 2.33. The molecule has 1 aromatic heterocycles. The second kappa shape index (κ2) is 5.84. The summed E-state index contributed by atoms with van der Waals surface area (Å²) in [5.41, 5.74) is -0.117. The summed E-state index contributed by atoms with van der Waals surface area (Å²) in [6.45, 7) is 3.67. The molecule has 0 spiro atoms. The Morgan fingerprint density at radius 3 is 2.40 bits per heavy atom. The van der Waals surface area contributed by atoms with E-state index in [-0.39, 0.29) is 5.56 Å². The summed E-state index contributed by atoms with van der Waals surface area (Å²) in [6.07, 6.45) is -3.02. The van der Waals surface area contributed by atoms with Crippen molar-refractivity contribution in [2.24, 2.45) is 0 Å². The summed E-state index contributed by atoms with van der Waals surface area (Å²) < 4.78 is 53.8. The summed E-state index contributed by atoms with van der Waals surface area (Å²) in [6, 6.07) is 7.41. The predicted molar refractivity (Wildman–Crippen MR) is 86.4 cm³/mol. The summed E-state index contributed by atoms with van der Waals surface area (Å²) in [4.78, 5) is 4.22. The van der Waals surface area contributed by atoms with Gasteiger partial charge in [-0.2, -0.15) is 13.2 Å². The summed E-state index contributed by atoms with van der Waals surface area (Å²) in [7, 11) is 0. The van der Waals surface area contributed by atoms with Crippen molar-refractivity contribution < 1.29 is 22.7 Å². The van der Waals surface area contributed by atoms with Crippen LogP contribution in [0.2, 0.25) is 0 Å². The number of benzene rings is 2. The fraction of sp³-hybridized carbons (Fsp3) is 0.278. The van der Waals surface area contributed by atoms with Gasteiger partial charge in [0.2, 0.25) is 0 Å². The van der Waals surface area contributed by atoms with Gasteiger partial charge in [0.1, 0.15) is 5.82 Å². The molecule has 1 heterocycles. The Kier molecular flexibility index (Phi) is 4.07. The molecule has 2 aromatic carbocycles. The van der Waals surface area contributed by atoms with Crippen molar-refractivity contribution >= 4 is 11.0 Å². The van der Waals surface area contributed by atoms with Crippen LogP contribution in [0, 0.1) is 5.82 Å². The van der Waals surface area contributed by atoms with Gasteiger partial charge in [0.15, 0.2) is 0 Å². The molecular weight excluding hydrogens is 336 g/mol. The summed E-state index contributed by atoms with van der Waals surface area (Å²) in [5.74, 6) is -0.940. The van der Waals surface area contributed by atoms with Crippen molar-refractivity contribution in [3.8, 4) is 11.1 Å². The maximum Gasteiger partial charge on any atom is 0.416 e. The fourth-order valence-corrected chi connectivity index (χ4v) is 2.70. The highest BCUT2D eigenvalue weighted by atomic mass is 19.4. The third kappa shape index (κ3) is 3.66. The lowest BCUT2D eigenvalue weighted by atomic mass is 10.0. The number of rotatable bonds is 3. The Morgan fingerprint density at radius 2 is 1.80 bits per heavy atom. The van der Waals surface area contributed by atoms with Gasteiger partial charge in [-0.25, -0.2) is 9.37 Å². The monoisotopic (exact) mass is 352 g/mol. The van der Waals surface area contributed by atoms with Crippen LogP contribution < -0.4 is 0 Å². The maximum absolute atomic E-state index is 14.1.